The van der Waals surface area contributed by atoms with E-state index < -0.39 is 0 Å². The molecule has 2 aromatic rings. The molecule has 3 nitrogen and oxygen atoms in total. The molecule has 4 heteroatoms. The summed E-state index contributed by atoms with van der Waals surface area (Å²) >= 11 is 3.35. The Morgan fingerprint density at radius 2 is 1.60 bits per heavy atom. The molecule has 0 aliphatic rings. The van der Waals surface area contributed by atoms with Gasteiger partial charge < -0.3 is 5.32 Å². The molecule has 1 N–H and O–H groups in total. The van der Waals surface area contributed by atoms with E-state index in [1.807, 2.05) is 18.2 Å². The van der Waals surface area contributed by atoms with Crippen molar-refractivity contribution in [3.05, 3.63) is 71.3 Å². The van der Waals surface area contributed by atoms with Gasteiger partial charge in [0.15, 0.2) is 5.78 Å². The number of carbonyl (C=O) groups excluding carboxylic acids is 2. The fourth-order valence-electron chi connectivity index (χ4n) is 1.84. The largest absolute Gasteiger partial charge is 0.345 e. The monoisotopic (exact) mass is 331 g/mol. The van der Waals surface area contributed by atoms with Crippen molar-refractivity contribution in [2.24, 2.45) is 0 Å². The fourth-order valence-corrected chi connectivity index (χ4v) is 2.33. The first-order chi connectivity index (χ1) is 9.72. The van der Waals surface area contributed by atoms with Crippen LogP contribution in [0.3, 0.4) is 0 Å². The van der Waals surface area contributed by atoms with Crippen molar-refractivity contribution in [2.75, 3.05) is 6.54 Å². The normalized spacial score (nSPS) is 10.1. The minimum atomic E-state index is -0.232. The van der Waals surface area contributed by atoms with Gasteiger partial charge in [-0.25, -0.2) is 0 Å². The molecule has 102 valence electrons. The predicted octanol–water partition coefficient (Wildman–Crippen LogP) is 3.19. The van der Waals surface area contributed by atoms with E-state index in [-0.39, 0.29) is 18.2 Å². The first-order valence-electron chi connectivity index (χ1n) is 6.22. The number of benzene rings is 2. The second-order valence-corrected chi connectivity index (χ2v) is 4.82. The SMILES string of the molecule is O=C(CNC(=O)c1ccccc1CBr)c1ccccc1. The first kappa shape index (κ1) is 14.5. The summed E-state index contributed by atoms with van der Waals surface area (Å²) in [7, 11) is 0. The molecule has 0 spiro atoms. The molecule has 0 atom stereocenters. The third-order valence-electron chi connectivity index (χ3n) is 2.91. The summed E-state index contributed by atoms with van der Waals surface area (Å²) in [6, 6.07) is 16.2. The Morgan fingerprint density at radius 3 is 2.30 bits per heavy atom. The second kappa shape index (κ2) is 7.01. The molecule has 0 aromatic heterocycles. The second-order valence-electron chi connectivity index (χ2n) is 4.26. The maximum Gasteiger partial charge on any atom is 0.251 e. The lowest BCUT2D eigenvalue weighted by molar-refractivity contribution is 0.0903. The molecule has 0 unspecified atom stereocenters. The molecule has 0 bridgehead atoms. The Kier molecular flexibility index (Phi) is 5.07. The number of halogens is 1. The Bertz CT molecular complexity index is 611. The average Bonchev–Trinajstić information content (AvgIpc) is 2.53. The molecule has 0 aliphatic heterocycles. The van der Waals surface area contributed by atoms with Crippen molar-refractivity contribution in [3.8, 4) is 0 Å². The number of Topliss-reactive ketones (excluding diaryl/α,β-unsaturated/α-hetero) is 1. The van der Waals surface area contributed by atoms with Gasteiger partial charge in [-0.3, -0.25) is 9.59 Å². The van der Waals surface area contributed by atoms with E-state index in [1.54, 1.807) is 36.4 Å². The van der Waals surface area contributed by atoms with Crippen molar-refractivity contribution in [2.45, 2.75) is 5.33 Å². The highest BCUT2D eigenvalue weighted by Gasteiger charge is 2.12. The van der Waals surface area contributed by atoms with Crippen LogP contribution in [0.2, 0.25) is 0 Å². The van der Waals surface area contributed by atoms with Crippen LogP contribution in [0.15, 0.2) is 54.6 Å². The Labute approximate surface area is 126 Å². The van der Waals surface area contributed by atoms with Gasteiger partial charge in [-0.1, -0.05) is 64.5 Å². The summed E-state index contributed by atoms with van der Waals surface area (Å²) in [6.45, 7) is -0.000529. The molecule has 0 fully saturated rings. The number of hydrogen-bond donors (Lipinski definition) is 1. The van der Waals surface area contributed by atoms with Crippen LogP contribution in [-0.2, 0) is 5.33 Å². The standard InChI is InChI=1S/C16H14BrNO2/c17-10-13-8-4-5-9-14(13)16(20)18-11-15(19)12-6-2-1-3-7-12/h1-9H,10-11H2,(H,18,20). The molecule has 1 amide bonds. The number of nitrogens with one attached hydrogen (secondary N) is 1. The molecule has 0 aliphatic carbocycles. The Hall–Kier alpha value is -1.94. The van der Waals surface area contributed by atoms with Crippen LogP contribution in [0.4, 0.5) is 0 Å². The van der Waals surface area contributed by atoms with Crippen molar-refractivity contribution < 1.29 is 9.59 Å². The van der Waals surface area contributed by atoms with E-state index in [4.69, 9.17) is 0 Å². The van der Waals surface area contributed by atoms with Crippen molar-refractivity contribution in [1.29, 1.82) is 0 Å². The maximum absolute atomic E-state index is 12.1. The van der Waals surface area contributed by atoms with Gasteiger partial charge in [-0.2, -0.15) is 0 Å². The van der Waals surface area contributed by atoms with Crippen LogP contribution in [-0.4, -0.2) is 18.2 Å². The highest BCUT2D eigenvalue weighted by Crippen LogP contribution is 2.12. The maximum atomic E-state index is 12.1. The molecule has 2 aromatic carbocycles. The van der Waals surface area contributed by atoms with Gasteiger partial charge in [-0.05, 0) is 11.6 Å². The Balaban J connectivity index is 2.01. The lowest BCUT2D eigenvalue weighted by Gasteiger charge is -2.08. The minimum Gasteiger partial charge on any atom is -0.345 e. The number of alkyl halides is 1. The molecule has 0 heterocycles. The summed E-state index contributed by atoms with van der Waals surface area (Å²) in [5.74, 6) is -0.334. The van der Waals surface area contributed by atoms with Crippen molar-refractivity contribution in [3.63, 3.8) is 0 Å². The van der Waals surface area contributed by atoms with E-state index in [1.165, 1.54) is 0 Å². The number of carbonyl (C=O) groups is 2. The van der Waals surface area contributed by atoms with Crippen molar-refractivity contribution in [1.82, 2.24) is 5.32 Å². The summed E-state index contributed by atoms with van der Waals surface area (Å²) in [4.78, 5) is 24.0. The van der Waals surface area contributed by atoms with Crippen molar-refractivity contribution >= 4 is 27.6 Å². The summed E-state index contributed by atoms with van der Waals surface area (Å²) < 4.78 is 0. The number of amides is 1. The van der Waals surface area contributed by atoms with Crippen LogP contribution >= 0.6 is 15.9 Å². The van der Waals surface area contributed by atoms with Crippen LogP contribution in [0.5, 0.6) is 0 Å². The van der Waals surface area contributed by atoms with Gasteiger partial charge in [-0.15, -0.1) is 0 Å². The molecule has 20 heavy (non-hydrogen) atoms. The average molecular weight is 332 g/mol. The lowest BCUT2D eigenvalue weighted by Crippen LogP contribution is -2.30. The van der Waals surface area contributed by atoms with Gasteiger partial charge in [0.05, 0.1) is 6.54 Å². The van der Waals surface area contributed by atoms with Crippen LogP contribution in [0.25, 0.3) is 0 Å². The quantitative estimate of drug-likeness (QED) is 0.675. The van der Waals surface area contributed by atoms with E-state index in [2.05, 4.69) is 21.2 Å². The first-order valence-corrected chi connectivity index (χ1v) is 7.35. The zero-order valence-corrected chi connectivity index (χ0v) is 12.4. The van der Waals surface area contributed by atoms with Gasteiger partial charge >= 0.3 is 0 Å². The number of hydrogen-bond acceptors (Lipinski definition) is 2. The zero-order valence-electron chi connectivity index (χ0n) is 10.8. The van der Waals surface area contributed by atoms with Gasteiger partial charge in [0.1, 0.15) is 0 Å². The fraction of sp³-hybridized carbons (Fsp3) is 0.125. The summed E-state index contributed by atoms with van der Waals surface area (Å²) in [5, 5.41) is 3.26. The molecule has 0 radical (unpaired) electrons. The summed E-state index contributed by atoms with van der Waals surface area (Å²) in [5.41, 5.74) is 2.09. The predicted molar refractivity (Wildman–Crippen MR) is 82.2 cm³/mol. The summed E-state index contributed by atoms with van der Waals surface area (Å²) in [6.07, 6.45) is 0. The smallest absolute Gasteiger partial charge is 0.251 e. The highest BCUT2D eigenvalue weighted by atomic mass is 79.9. The number of rotatable bonds is 5. The molecule has 2 rings (SSSR count). The minimum absolute atomic E-state index is 0.000529. The van der Waals surface area contributed by atoms with E-state index in [0.717, 1.165) is 5.56 Å². The van der Waals surface area contributed by atoms with Crippen LogP contribution in [0.1, 0.15) is 26.3 Å². The lowest BCUT2D eigenvalue weighted by atomic mass is 10.1. The third kappa shape index (κ3) is 3.54. The third-order valence-corrected chi connectivity index (χ3v) is 3.52. The molecule has 0 saturated carbocycles. The van der Waals surface area contributed by atoms with Gasteiger partial charge in [0.25, 0.3) is 5.91 Å². The van der Waals surface area contributed by atoms with Crippen LogP contribution in [0, 0.1) is 0 Å². The van der Waals surface area contributed by atoms with E-state index in [9.17, 15) is 9.59 Å². The molecular formula is C16H14BrNO2. The highest BCUT2D eigenvalue weighted by molar-refractivity contribution is 9.08. The van der Waals surface area contributed by atoms with E-state index in [0.29, 0.717) is 16.5 Å². The number of ketones is 1. The zero-order chi connectivity index (χ0) is 14.4. The molecule has 0 saturated heterocycles. The van der Waals surface area contributed by atoms with Gasteiger partial charge in [0, 0.05) is 16.5 Å². The van der Waals surface area contributed by atoms with E-state index >= 15 is 0 Å². The van der Waals surface area contributed by atoms with Crippen LogP contribution < -0.4 is 5.32 Å². The van der Waals surface area contributed by atoms with Gasteiger partial charge in [0.2, 0.25) is 0 Å². The Morgan fingerprint density at radius 1 is 0.950 bits per heavy atom. The molecular weight excluding hydrogens is 318 g/mol. The topological polar surface area (TPSA) is 46.2 Å².